The molecule has 0 bridgehead atoms. The van der Waals surface area contributed by atoms with Gasteiger partial charge in [0, 0.05) is 25.8 Å². The van der Waals surface area contributed by atoms with Gasteiger partial charge in [0.1, 0.15) is 6.04 Å². The van der Waals surface area contributed by atoms with Crippen molar-refractivity contribution in [3.8, 4) is 0 Å². The molecule has 25 heavy (non-hydrogen) atoms. The van der Waals surface area contributed by atoms with E-state index in [0.29, 0.717) is 30.8 Å². The van der Waals surface area contributed by atoms with Gasteiger partial charge in [0.15, 0.2) is 0 Å². The van der Waals surface area contributed by atoms with E-state index in [1.54, 1.807) is 7.05 Å². The van der Waals surface area contributed by atoms with Crippen LogP contribution in [0.15, 0.2) is 23.0 Å². The van der Waals surface area contributed by atoms with Crippen LogP contribution < -0.4 is 21.6 Å². The number of aryl methyl sites for hydroxylation is 1. The highest BCUT2D eigenvalue weighted by Gasteiger charge is 2.25. The van der Waals surface area contributed by atoms with Crippen LogP contribution in [-0.4, -0.2) is 40.6 Å². The topological polar surface area (TPSA) is 97.2 Å². The molecular weight excluding hydrogens is 322 g/mol. The lowest BCUT2D eigenvalue weighted by atomic mass is 10.1. The molecule has 0 radical (unpaired) electrons. The molecule has 0 saturated carbocycles. The number of nitrogens with one attached hydrogen (secondary N) is 3. The summed E-state index contributed by atoms with van der Waals surface area (Å²) in [5.41, 5.74) is 2.11. The van der Waals surface area contributed by atoms with E-state index < -0.39 is 11.9 Å². The molecule has 1 fully saturated rings. The van der Waals surface area contributed by atoms with Crippen LogP contribution in [0.4, 0.5) is 5.69 Å². The Morgan fingerprint density at radius 2 is 2.16 bits per heavy atom. The van der Waals surface area contributed by atoms with Crippen LogP contribution in [0.3, 0.4) is 0 Å². The van der Waals surface area contributed by atoms with Gasteiger partial charge in [-0.1, -0.05) is 13.3 Å². The van der Waals surface area contributed by atoms with E-state index in [0.717, 1.165) is 24.3 Å². The number of hydrogen-bond acceptors (Lipinski definition) is 5. The minimum atomic E-state index is -0.707. The number of carbonyl (C=O) groups is 2. The lowest BCUT2D eigenvalue weighted by molar-refractivity contribution is -0.128. The van der Waals surface area contributed by atoms with E-state index in [4.69, 9.17) is 0 Å². The van der Waals surface area contributed by atoms with Crippen molar-refractivity contribution in [2.45, 2.75) is 31.8 Å². The number of hydrogen-bond donors (Lipinski definition) is 3. The zero-order chi connectivity index (χ0) is 18.0. The van der Waals surface area contributed by atoms with Crippen molar-refractivity contribution in [2.75, 3.05) is 18.4 Å². The first-order valence-corrected chi connectivity index (χ1v) is 8.49. The highest BCUT2D eigenvalue weighted by atomic mass is 16.2. The molecule has 1 aliphatic heterocycles. The number of rotatable bonds is 7. The molecule has 2 aromatic rings. The minimum Gasteiger partial charge on any atom is -0.380 e. The Morgan fingerprint density at radius 3 is 2.76 bits per heavy atom. The molecule has 1 unspecified atom stereocenters. The third kappa shape index (κ3) is 3.17. The van der Waals surface area contributed by atoms with Crippen LogP contribution >= 0.6 is 0 Å². The molecule has 2 heterocycles. The van der Waals surface area contributed by atoms with Gasteiger partial charge in [0.2, 0.25) is 12.3 Å². The van der Waals surface area contributed by atoms with Crippen LogP contribution in [0.1, 0.15) is 25.8 Å². The van der Waals surface area contributed by atoms with Gasteiger partial charge in [0.05, 0.1) is 17.1 Å². The summed E-state index contributed by atoms with van der Waals surface area (Å²) in [6, 6.07) is 5.37. The first-order valence-electron chi connectivity index (χ1n) is 8.49. The van der Waals surface area contributed by atoms with Gasteiger partial charge in [-0.2, -0.15) is 0 Å². The van der Waals surface area contributed by atoms with Gasteiger partial charge >= 0.3 is 5.69 Å². The number of fused-ring (bicyclic) bond motifs is 1. The number of anilines is 1. The van der Waals surface area contributed by atoms with Crippen LogP contribution in [0, 0.1) is 0 Å². The zero-order valence-electron chi connectivity index (χ0n) is 14.4. The highest BCUT2D eigenvalue weighted by molar-refractivity contribution is 5.90. The molecule has 2 amide bonds. The molecule has 1 aliphatic rings. The van der Waals surface area contributed by atoms with Gasteiger partial charge in [-0.15, -0.1) is 0 Å². The number of aromatic nitrogens is 2. The van der Waals surface area contributed by atoms with Crippen LogP contribution in [0.5, 0.6) is 0 Å². The molecule has 134 valence electrons. The van der Waals surface area contributed by atoms with Gasteiger partial charge in [-0.05, 0) is 24.6 Å². The van der Waals surface area contributed by atoms with Gasteiger partial charge in [-0.25, -0.2) is 4.79 Å². The molecule has 1 aromatic heterocycles. The molecule has 8 heteroatoms. The SMILES string of the molecule is CCCC(C(=O)NC=O)n1c(=O)n(C)c2cc(NC3CNC3)ccc21. The van der Waals surface area contributed by atoms with Crippen molar-refractivity contribution in [1.82, 2.24) is 19.8 Å². The second-order valence-electron chi connectivity index (χ2n) is 6.35. The van der Waals surface area contributed by atoms with Crippen molar-refractivity contribution >= 4 is 29.0 Å². The Balaban J connectivity index is 2.04. The zero-order valence-corrected chi connectivity index (χ0v) is 14.4. The summed E-state index contributed by atoms with van der Waals surface area (Å²) in [5, 5.41) is 8.79. The molecule has 1 saturated heterocycles. The number of carbonyl (C=O) groups excluding carboxylic acids is 2. The number of imide groups is 1. The summed E-state index contributed by atoms with van der Waals surface area (Å²) in [4.78, 5) is 35.7. The Hall–Kier alpha value is -2.61. The number of benzene rings is 1. The van der Waals surface area contributed by atoms with Crippen LogP contribution in [0.2, 0.25) is 0 Å². The molecule has 1 atom stereocenters. The fourth-order valence-electron chi connectivity index (χ4n) is 3.19. The highest BCUT2D eigenvalue weighted by Crippen LogP contribution is 2.24. The van der Waals surface area contributed by atoms with Crippen LogP contribution in [0.25, 0.3) is 11.0 Å². The first-order chi connectivity index (χ1) is 12.1. The third-order valence-corrected chi connectivity index (χ3v) is 4.62. The normalized spacial score (nSPS) is 15.6. The summed E-state index contributed by atoms with van der Waals surface area (Å²) < 4.78 is 3.02. The van der Waals surface area contributed by atoms with Gasteiger partial charge in [-0.3, -0.25) is 24.0 Å². The van der Waals surface area contributed by atoms with Gasteiger partial charge < -0.3 is 10.6 Å². The molecule has 1 aromatic carbocycles. The molecule has 0 spiro atoms. The first kappa shape index (κ1) is 17.2. The quantitative estimate of drug-likeness (QED) is 0.629. The summed E-state index contributed by atoms with van der Waals surface area (Å²) in [6.45, 7) is 3.77. The van der Waals surface area contributed by atoms with Crippen molar-refractivity contribution in [2.24, 2.45) is 7.05 Å². The Bertz CT molecular complexity index is 850. The Morgan fingerprint density at radius 1 is 1.40 bits per heavy atom. The molecule has 0 aliphatic carbocycles. The molecule has 3 N–H and O–H groups in total. The molecule has 3 rings (SSSR count). The number of amides is 2. The molecule has 8 nitrogen and oxygen atoms in total. The summed E-state index contributed by atoms with van der Waals surface area (Å²) in [5.74, 6) is -0.464. The maximum absolute atomic E-state index is 12.7. The fourth-order valence-corrected chi connectivity index (χ4v) is 3.19. The van der Waals surface area contributed by atoms with E-state index >= 15 is 0 Å². The minimum absolute atomic E-state index is 0.267. The standard InChI is InChI=1S/C17H23N5O3/c1-3-4-14(16(24)19-10-23)22-13-6-5-11(20-12-8-18-9-12)7-15(13)21(2)17(22)25/h5-7,10,12,14,18,20H,3-4,8-9H2,1-2H3,(H,19,23,24). The van der Waals surface area contributed by atoms with Crippen molar-refractivity contribution in [3.05, 3.63) is 28.7 Å². The largest absolute Gasteiger partial charge is 0.380 e. The van der Waals surface area contributed by atoms with E-state index in [1.165, 1.54) is 9.13 Å². The maximum atomic E-state index is 12.7. The fraction of sp³-hybridized carbons (Fsp3) is 0.471. The monoisotopic (exact) mass is 345 g/mol. The van der Waals surface area contributed by atoms with Crippen molar-refractivity contribution in [3.63, 3.8) is 0 Å². The lowest BCUT2D eigenvalue weighted by Crippen LogP contribution is -2.51. The second-order valence-corrected chi connectivity index (χ2v) is 6.35. The van der Waals surface area contributed by atoms with Crippen molar-refractivity contribution in [1.29, 1.82) is 0 Å². The van der Waals surface area contributed by atoms with Gasteiger partial charge in [0.25, 0.3) is 0 Å². The predicted molar refractivity (Wildman–Crippen MR) is 95.6 cm³/mol. The van der Waals surface area contributed by atoms with Crippen molar-refractivity contribution < 1.29 is 9.59 Å². The smallest absolute Gasteiger partial charge is 0.329 e. The summed E-state index contributed by atoms with van der Waals surface area (Å²) in [7, 11) is 1.69. The van der Waals surface area contributed by atoms with E-state index in [9.17, 15) is 14.4 Å². The van der Waals surface area contributed by atoms with E-state index in [2.05, 4.69) is 16.0 Å². The Kier molecular flexibility index (Phi) is 4.89. The van der Waals surface area contributed by atoms with E-state index in [1.807, 2.05) is 25.1 Å². The number of nitrogens with zero attached hydrogens (tertiary/aromatic N) is 2. The molecular formula is C17H23N5O3. The second kappa shape index (κ2) is 7.10. The maximum Gasteiger partial charge on any atom is 0.329 e. The predicted octanol–water partition coefficient (Wildman–Crippen LogP) is 0.338. The summed E-state index contributed by atoms with van der Waals surface area (Å²) >= 11 is 0. The van der Waals surface area contributed by atoms with E-state index in [-0.39, 0.29) is 5.69 Å². The lowest BCUT2D eigenvalue weighted by Gasteiger charge is -2.29. The number of imidazole rings is 1. The average Bonchev–Trinajstić information content (AvgIpc) is 2.80. The average molecular weight is 345 g/mol. The Labute approximate surface area is 145 Å². The summed E-state index contributed by atoms with van der Waals surface area (Å²) in [6.07, 6.45) is 1.55. The third-order valence-electron chi connectivity index (χ3n) is 4.62. The van der Waals surface area contributed by atoms with Crippen LogP contribution in [-0.2, 0) is 16.6 Å².